The molecule has 3 heterocycles. The first-order valence-corrected chi connectivity index (χ1v) is 11.5. The summed E-state index contributed by atoms with van der Waals surface area (Å²) >= 11 is 0. The van der Waals surface area contributed by atoms with E-state index in [0.29, 0.717) is 24.3 Å². The van der Waals surface area contributed by atoms with Gasteiger partial charge in [0.15, 0.2) is 14.9 Å². The first-order valence-electron chi connectivity index (χ1n) is 9.62. The molecule has 3 aromatic rings. The molecule has 1 unspecified atom stereocenters. The monoisotopic (exact) mass is 442 g/mol. The number of hydrogen-bond donors (Lipinski definition) is 2. The van der Waals surface area contributed by atoms with E-state index in [2.05, 4.69) is 15.4 Å². The lowest BCUT2D eigenvalue weighted by molar-refractivity contribution is 0.0535. The van der Waals surface area contributed by atoms with Crippen molar-refractivity contribution < 1.29 is 23.1 Å². The Morgan fingerprint density at radius 2 is 2.06 bits per heavy atom. The summed E-state index contributed by atoms with van der Waals surface area (Å²) < 4.78 is 29.7. The molecule has 2 aromatic heterocycles. The Bertz CT molecular complexity index is 1240. The number of nitrogens with zero attached hydrogens (tertiary/aromatic N) is 3. The minimum atomic E-state index is -3.35. The highest BCUT2D eigenvalue weighted by molar-refractivity contribution is 7.90. The molecular formula is C21H22N4O5S. The van der Waals surface area contributed by atoms with Gasteiger partial charge in [-0.25, -0.2) is 22.9 Å². The van der Waals surface area contributed by atoms with E-state index in [0.717, 1.165) is 28.5 Å². The first-order chi connectivity index (χ1) is 14.7. The minimum Gasteiger partial charge on any atom is -0.457 e. The number of rotatable bonds is 7. The fourth-order valence-corrected chi connectivity index (χ4v) is 4.07. The predicted molar refractivity (Wildman–Crippen MR) is 111 cm³/mol. The highest BCUT2D eigenvalue weighted by Gasteiger charge is 2.25. The summed E-state index contributed by atoms with van der Waals surface area (Å²) in [5.74, 6) is -0.324. The van der Waals surface area contributed by atoms with Crippen LogP contribution in [0.15, 0.2) is 47.9 Å². The molecule has 0 spiro atoms. The topological polar surface area (TPSA) is 123 Å². The third kappa shape index (κ3) is 4.36. The van der Waals surface area contributed by atoms with E-state index in [1.165, 1.54) is 12.3 Å². The Kier molecular flexibility index (Phi) is 5.61. The van der Waals surface area contributed by atoms with E-state index in [4.69, 9.17) is 4.74 Å². The second-order valence-electron chi connectivity index (χ2n) is 7.45. The third-order valence-corrected chi connectivity index (χ3v) is 6.24. The molecule has 2 N–H and O–H groups in total. The van der Waals surface area contributed by atoms with E-state index < -0.39 is 15.9 Å². The average Bonchev–Trinajstić information content (AvgIpc) is 3.35. The Hall–Kier alpha value is -3.08. The smallest absolute Gasteiger partial charge is 0.338 e. The van der Waals surface area contributed by atoms with E-state index in [9.17, 15) is 18.3 Å². The predicted octanol–water partition coefficient (Wildman–Crippen LogP) is 1.47. The van der Waals surface area contributed by atoms with E-state index in [1.54, 1.807) is 35.3 Å². The zero-order valence-electron chi connectivity index (χ0n) is 17.1. The van der Waals surface area contributed by atoms with E-state index in [-0.39, 0.29) is 17.6 Å². The van der Waals surface area contributed by atoms with Crippen LogP contribution in [0, 0.1) is 6.92 Å². The summed E-state index contributed by atoms with van der Waals surface area (Å²) in [6.45, 7) is 2.93. The number of pyridine rings is 1. The standard InChI is InChI=1S/C21H22N4O5S/c1-13-16(4-5-17-18(13)12-30-21(17)27)19(26)10-22-7-14-8-24-25(11-14)15-3-6-20(23-9-15)31(2,28)29/h3-6,8-9,11,19,22,26H,7,10,12H2,1-2H3. The van der Waals surface area contributed by atoms with Crippen molar-refractivity contribution >= 4 is 15.8 Å². The third-order valence-electron chi connectivity index (χ3n) is 5.23. The van der Waals surface area contributed by atoms with Crippen molar-refractivity contribution in [2.75, 3.05) is 12.8 Å². The van der Waals surface area contributed by atoms with Gasteiger partial charge in [0.25, 0.3) is 0 Å². The van der Waals surface area contributed by atoms with Crippen LogP contribution in [0.3, 0.4) is 0 Å². The minimum absolute atomic E-state index is 0.0112. The highest BCUT2D eigenvalue weighted by Crippen LogP contribution is 2.28. The van der Waals surface area contributed by atoms with Crippen molar-refractivity contribution in [3.63, 3.8) is 0 Å². The zero-order valence-corrected chi connectivity index (χ0v) is 17.9. The summed E-state index contributed by atoms with van der Waals surface area (Å²) in [6.07, 6.45) is 5.32. The number of sulfone groups is 1. The van der Waals surface area contributed by atoms with E-state index >= 15 is 0 Å². The van der Waals surface area contributed by atoms with Crippen LogP contribution in [-0.4, -0.2) is 47.1 Å². The molecule has 162 valence electrons. The van der Waals surface area contributed by atoms with Gasteiger partial charge in [-0.05, 0) is 36.2 Å². The maximum atomic E-state index is 11.7. The van der Waals surface area contributed by atoms with Crippen LogP contribution >= 0.6 is 0 Å². The molecule has 0 saturated carbocycles. The van der Waals surface area contributed by atoms with Gasteiger partial charge in [0.05, 0.1) is 29.7 Å². The van der Waals surface area contributed by atoms with Gasteiger partial charge in [0, 0.05) is 36.7 Å². The van der Waals surface area contributed by atoms with Crippen molar-refractivity contribution in [3.05, 3.63) is 70.7 Å². The lowest BCUT2D eigenvalue weighted by atomic mass is 9.95. The number of aliphatic hydroxyl groups excluding tert-OH is 1. The molecule has 0 saturated heterocycles. The van der Waals surface area contributed by atoms with Crippen molar-refractivity contribution in [2.24, 2.45) is 0 Å². The number of fused-ring (bicyclic) bond motifs is 1. The molecule has 1 aliphatic heterocycles. The number of nitrogens with one attached hydrogen (secondary N) is 1. The number of benzene rings is 1. The molecule has 0 fully saturated rings. The van der Waals surface area contributed by atoms with Gasteiger partial charge in [-0.15, -0.1) is 0 Å². The van der Waals surface area contributed by atoms with Crippen LogP contribution in [0.5, 0.6) is 0 Å². The second-order valence-corrected chi connectivity index (χ2v) is 9.41. The van der Waals surface area contributed by atoms with Crippen LogP contribution in [0.2, 0.25) is 0 Å². The summed E-state index contributed by atoms with van der Waals surface area (Å²) in [5.41, 5.74) is 4.56. The number of hydrogen-bond acceptors (Lipinski definition) is 8. The summed E-state index contributed by atoms with van der Waals surface area (Å²) in [5, 5.41) is 18.1. The molecule has 31 heavy (non-hydrogen) atoms. The van der Waals surface area contributed by atoms with Gasteiger partial charge < -0.3 is 15.2 Å². The largest absolute Gasteiger partial charge is 0.457 e. The molecule has 1 atom stereocenters. The van der Waals surface area contributed by atoms with Crippen LogP contribution in [0.25, 0.3) is 5.69 Å². The van der Waals surface area contributed by atoms with E-state index in [1.807, 2.05) is 6.92 Å². The molecule has 1 aromatic carbocycles. The highest BCUT2D eigenvalue weighted by atomic mass is 32.2. The number of carbonyl (C=O) groups excluding carboxylic acids is 1. The number of aliphatic hydroxyl groups is 1. The average molecular weight is 442 g/mol. The molecular weight excluding hydrogens is 420 g/mol. The second kappa shape index (κ2) is 8.22. The van der Waals surface area contributed by atoms with Crippen LogP contribution in [0.1, 0.15) is 38.7 Å². The van der Waals surface area contributed by atoms with Crippen molar-refractivity contribution in [2.45, 2.75) is 31.2 Å². The number of esters is 1. The van der Waals surface area contributed by atoms with Gasteiger partial charge in [-0.1, -0.05) is 6.07 Å². The normalized spacial score (nSPS) is 14.4. The molecule has 0 bridgehead atoms. The maximum absolute atomic E-state index is 11.7. The lowest BCUT2D eigenvalue weighted by Crippen LogP contribution is -2.21. The molecule has 10 heteroatoms. The number of aromatic nitrogens is 3. The molecule has 0 aliphatic carbocycles. The SMILES string of the molecule is Cc1c(C(O)CNCc2cnn(-c3ccc(S(C)(=O)=O)nc3)c2)ccc2c1COC2=O. The Labute approximate surface area is 179 Å². The zero-order chi connectivity index (χ0) is 22.2. The Balaban J connectivity index is 1.37. The van der Waals surface area contributed by atoms with Gasteiger partial charge in [-0.2, -0.15) is 5.10 Å². The van der Waals surface area contributed by atoms with Gasteiger partial charge in [0.2, 0.25) is 0 Å². The molecule has 4 rings (SSSR count). The fraction of sp³-hybridized carbons (Fsp3) is 0.286. The number of carbonyl (C=O) groups is 1. The maximum Gasteiger partial charge on any atom is 0.338 e. The quantitative estimate of drug-likeness (QED) is 0.528. The van der Waals surface area contributed by atoms with Gasteiger partial charge >= 0.3 is 5.97 Å². The van der Waals surface area contributed by atoms with Crippen molar-refractivity contribution in [1.82, 2.24) is 20.1 Å². The Morgan fingerprint density at radius 3 is 2.77 bits per heavy atom. The molecule has 9 nitrogen and oxygen atoms in total. The summed E-state index contributed by atoms with van der Waals surface area (Å²) in [6, 6.07) is 6.54. The number of cyclic esters (lactones) is 1. The molecule has 1 aliphatic rings. The first kappa shape index (κ1) is 21.2. The van der Waals surface area contributed by atoms with Gasteiger partial charge in [-0.3, -0.25) is 0 Å². The summed E-state index contributed by atoms with van der Waals surface area (Å²) in [4.78, 5) is 15.6. The lowest BCUT2D eigenvalue weighted by Gasteiger charge is -2.16. The van der Waals surface area contributed by atoms with Crippen LogP contribution < -0.4 is 5.32 Å². The van der Waals surface area contributed by atoms with Crippen molar-refractivity contribution in [3.8, 4) is 5.69 Å². The van der Waals surface area contributed by atoms with Crippen LogP contribution in [-0.2, 0) is 27.7 Å². The fourth-order valence-electron chi connectivity index (χ4n) is 3.51. The van der Waals surface area contributed by atoms with Crippen molar-refractivity contribution in [1.29, 1.82) is 0 Å². The van der Waals surface area contributed by atoms with Gasteiger partial charge in [0.1, 0.15) is 6.61 Å². The molecule has 0 amide bonds. The Morgan fingerprint density at radius 1 is 1.26 bits per heavy atom. The summed E-state index contributed by atoms with van der Waals surface area (Å²) in [7, 11) is -3.35. The molecule has 0 radical (unpaired) electrons. The number of ether oxygens (including phenoxy) is 1. The van der Waals surface area contributed by atoms with Crippen LogP contribution in [0.4, 0.5) is 0 Å².